The summed E-state index contributed by atoms with van der Waals surface area (Å²) in [6.45, 7) is 2.85. The van der Waals surface area contributed by atoms with Gasteiger partial charge in [0.1, 0.15) is 6.04 Å². The first-order valence-corrected chi connectivity index (χ1v) is 9.47. The lowest BCUT2D eigenvalue weighted by Gasteiger charge is -2.34. The van der Waals surface area contributed by atoms with Crippen LogP contribution in [0.1, 0.15) is 24.0 Å². The highest BCUT2D eigenvalue weighted by molar-refractivity contribution is 6.30. The van der Waals surface area contributed by atoms with E-state index in [0.717, 1.165) is 43.1 Å². The molecule has 0 amide bonds. The highest BCUT2D eigenvalue weighted by Crippen LogP contribution is 2.17. The second-order valence-corrected chi connectivity index (χ2v) is 7.36. The molecule has 5 heteroatoms. The monoisotopic (exact) mass is 372 g/mol. The van der Waals surface area contributed by atoms with Crippen LogP contribution in [0.4, 0.5) is 0 Å². The fourth-order valence-electron chi connectivity index (χ4n) is 3.46. The number of rotatable bonds is 7. The van der Waals surface area contributed by atoms with Gasteiger partial charge < -0.3 is 10.4 Å². The number of likely N-dealkylation sites (tertiary alicyclic amines) is 1. The molecule has 1 fully saturated rings. The van der Waals surface area contributed by atoms with Crippen molar-refractivity contribution in [3.63, 3.8) is 0 Å². The summed E-state index contributed by atoms with van der Waals surface area (Å²) in [5.74, 6) is -0.780. The van der Waals surface area contributed by atoms with Crippen LogP contribution in [0.15, 0.2) is 54.6 Å². The van der Waals surface area contributed by atoms with Crippen LogP contribution < -0.4 is 5.32 Å². The molecule has 0 saturated carbocycles. The minimum absolute atomic E-state index is 0.251. The van der Waals surface area contributed by atoms with E-state index < -0.39 is 12.0 Å². The van der Waals surface area contributed by atoms with Crippen molar-refractivity contribution in [3.05, 3.63) is 70.7 Å². The van der Waals surface area contributed by atoms with Gasteiger partial charge in [0, 0.05) is 17.6 Å². The molecule has 26 heavy (non-hydrogen) atoms. The fraction of sp³-hybridized carbons (Fsp3) is 0.381. The van der Waals surface area contributed by atoms with Crippen molar-refractivity contribution in [2.75, 3.05) is 13.1 Å². The summed E-state index contributed by atoms with van der Waals surface area (Å²) >= 11 is 5.94. The summed E-state index contributed by atoms with van der Waals surface area (Å²) in [4.78, 5) is 14.0. The molecular formula is C21H25ClN2O2. The molecule has 3 rings (SSSR count). The first-order valence-electron chi connectivity index (χ1n) is 9.10. The van der Waals surface area contributed by atoms with Crippen molar-refractivity contribution in [1.82, 2.24) is 10.2 Å². The number of halogens is 1. The van der Waals surface area contributed by atoms with Gasteiger partial charge >= 0.3 is 5.97 Å². The van der Waals surface area contributed by atoms with Crippen LogP contribution in [0.3, 0.4) is 0 Å². The number of nitrogens with zero attached hydrogens (tertiary/aromatic N) is 1. The maximum Gasteiger partial charge on any atom is 0.321 e. The fourth-order valence-corrected chi connectivity index (χ4v) is 3.58. The summed E-state index contributed by atoms with van der Waals surface area (Å²) in [6.07, 6.45) is 2.44. The molecule has 138 valence electrons. The van der Waals surface area contributed by atoms with E-state index in [1.165, 1.54) is 5.56 Å². The van der Waals surface area contributed by atoms with Crippen LogP contribution in [0, 0.1) is 0 Å². The van der Waals surface area contributed by atoms with E-state index in [1.54, 1.807) is 0 Å². The van der Waals surface area contributed by atoms with Crippen molar-refractivity contribution >= 4 is 17.6 Å². The minimum atomic E-state index is -0.780. The smallest absolute Gasteiger partial charge is 0.321 e. The van der Waals surface area contributed by atoms with Gasteiger partial charge in [-0.25, -0.2) is 0 Å². The Balaban J connectivity index is 1.48. The van der Waals surface area contributed by atoms with Gasteiger partial charge in [-0.1, -0.05) is 54.1 Å². The van der Waals surface area contributed by atoms with Gasteiger partial charge in [0.05, 0.1) is 0 Å². The van der Waals surface area contributed by atoms with Crippen LogP contribution in [0.2, 0.25) is 5.02 Å². The predicted molar refractivity (Wildman–Crippen MR) is 104 cm³/mol. The Bertz CT molecular complexity index is 698. The first-order chi connectivity index (χ1) is 12.6. The number of benzene rings is 2. The number of aliphatic carboxylic acids is 1. The highest BCUT2D eigenvalue weighted by atomic mass is 35.5. The van der Waals surface area contributed by atoms with Gasteiger partial charge in [-0.2, -0.15) is 0 Å². The summed E-state index contributed by atoms with van der Waals surface area (Å²) in [5, 5.41) is 13.7. The minimum Gasteiger partial charge on any atom is -0.480 e. The van der Waals surface area contributed by atoms with Crippen molar-refractivity contribution in [2.24, 2.45) is 0 Å². The van der Waals surface area contributed by atoms with Crippen LogP contribution in [0.25, 0.3) is 0 Å². The average molecular weight is 373 g/mol. The molecule has 1 saturated heterocycles. The zero-order valence-electron chi connectivity index (χ0n) is 14.8. The Kier molecular flexibility index (Phi) is 6.67. The number of carbonyl (C=O) groups is 1. The topological polar surface area (TPSA) is 52.6 Å². The molecule has 1 aliphatic heterocycles. The van der Waals surface area contributed by atoms with Gasteiger partial charge in [-0.3, -0.25) is 9.69 Å². The molecule has 1 heterocycles. The SMILES string of the molecule is O=C(O)[C@@H](Cc1ccccc1)NC1CCN(Cc2ccc(Cl)cc2)CC1. The maximum absolute atomic E-state index is 11.6. The van der Waals surface area contributed by atoms with E-state index in [4.69, 9.17) is 11.6 Å². The van der Waals surface area contributed by atoms with E-state index in [-0.39, 0.29) is 6.04 Å². The Hall–Kier alpha value is -1.88. The Morgan fingerprint density at radius 1 is 1.08 bits per heavy atom. The molecule has 2 aromatic rings. The standard InChI is InChI=1S/C21H25ClN2O2/c22-18-8-6-17(7-9-18)15-24-12-10-19(11-13-24)23-20(21(25)26)14-16-4-2-1-3-5-16/h1-9,19-20,23H,10-15H2,(H,25,26)/t20-/m1/s1. The number of nitrogens with one attached hydrogen (secondary N) is 1. The van der Waals surface area contributed by atoms with Gasteiger partial charge in [0.15, 0.2) is 0 Å². The molecule has 2 N–H and O–H groups in total. The number of hydrogen-bond donors (Lipinski definition) is 2. The van der Waals surface area contributed by atoms with Crippen LogP contribution >= 0.6 is 11.6 Å². The van der Waals surface area contributed by atoms with Crippen molar-refractivity contribution in [2.45, 2.75) is 37.9 Å². The van der Waals surface area contributed by atoms with Gasteiger partial charge in [0.2, 0.25) is 0 Å². The molecule has 0 aliphatic carbocycles. The van der Waals surface area contributed by atoms with E-state index >= 15 is 0 Å². The van der Waals surface area contributed by atoms with E-state index in [0.29, 0.717) is 6.42 Å². The van der Waals surface area contributed by atoms with Crippen LogP contribution in [0.5, 0.6) is 0 Å². The van der Waals surface area contributed by atoms with E-state index in [2.05, 4.69) is 22.3 Å². The molecule has 2 aromatic carbocycles. The predicted octanol–water partition coefficient (Wildman–Crippen LogP) is 3.59. The number of hydrogen-bond acceptors (Lipinski definition) is 3. The molecule has 0 radical (unpaired) electrons. The zero-order valence-corrected chi connectivity index (χ0v) is 15.5. The van der Waals surface area contributed by atoms with Crippen molar-refractivity contribution < 1.29 is 9.90 Å². The van der Waals surface area contributed by atoms with Crippen LogP contribution in [-0.4, -0.2) is 41.1 Å². The molecule has 1 atom stereocenters. The Morgan fingerprint density at radius 3 is 2.35 bits per heavy atom. The zero-order chi connectivity index (χ0) is 18.4. The number of piperidine rings is 1. The molecule has 4 nitrogen and oxygen atoms in total. The van der Waals surface area contributed by atoms with E-state index in [9.17, 15) is 9.90 Å². The third-order valence-electron chi connectivity index (χ3n) is 4.92. The summed E-state index contributed by atoms with van der Waals surface area (Å²) in [5.41, 5.74) is 2.31. The molecule has 0 aromatic heterocycles. The maximum atomic E-state index is 11.6. The van der Waals surface area contributed by atoms with Crippen molar-refractivity contribution in [3.8, 4) is 0 Å². The van der Waals surface area contributed by atoms with Gasteiger partial charge in [0.25, 0.3) is 0 Å². The van der Waals surface area contributed by atoms with Gasteiger partial charge in [-0.05, 0) is 55.6 Å². The van der Waals surface area contributed by atoms with Crippen LogP contribution in [-0.2, 0) is 17.8 Å². The normalized spacial score (nSPS) is 17.1. The lowest BCUT2D eigenvalue weighted by atomic mass is 10.0. The summed E-state index contributed by atoms with van der Waals surface area (Å²) in [7, 11) is 0. The summed E-state index contributed by atoms with van der Waals surface area (Å²) in [6, 6.07) is 17.5. The first kappa shape index (κ1) is 18.9. The lowest BCUT2D eigenvalue weighted by molar-refractivity contribution is -0.139. The van der Waals surface area contributed by atoms with Crippen molar-refractivity contribution in [1.29, 1.82) is 0 Å². The quantitative estimate of drug-likeness (QED) is 0.779. The summed E-state index contributed by atoms with van der Waals surface area (Å²) < 4.78 is 0. The van der Waals surface area contributed by atoms with E-state index in [1.807, 2.05) is 42.5 Å². The second kappa shape index (κ2) is 9.17. The molecule has 0 unspecified atom stereocenters. The average Bonchev–Trinajstić information content (AvgIpc) is 2.65. The highest BCUT2D eigenvalue weighted by Gasteiger charge is 2.25. The molecule has 0 bridgehead atoms. The largest absolute Gasteiger partial charge is 0.480 e. The Labute approximate surface area is 159 Å². The Morgan fingerprint density at radius 2 is 1.73 bits per heavy atom. The van der Waals surface area contributed by atoms with Gasteiger partial charge in [-0.15, -0.1) is 0 Å². The molecule has 0 spiro atoms. The molecule has 1 aliphatic rings. The lowest BCUT2D eigenvalue weighted by Crippen LogP contribution is -2.49. The third-order valence-corrected chi connectivity index (χ3v) is 5.18. The molecular weight excluding hydrogens is 348 g/mol. The number of carboxylic acids is 1. The second-order valence-electron chi connectivity index (χ2n) is 6.92. The third kappa shape index (κ3) is 5.56. The number of carboxylic acid groups (broad SMARTS) is 1.